The number of hydrogen-bond donors (Lipinski definition) is 0. The molecule has 0 bridgehead atoms. The van der Waals surface area contributed by atoms with Crippen molar-refractivity contribution in [2.24, 2.45) is 5.92 Å². The number of carbonyl (C=O) groups is 1. The van der Waals surface area contributed by atoms with Gasteiger partial charge in [0.25, 0.3) is 5.91 Å². The van der Waals surface area contributed by atoms with Gasteiger partial charge in [0, 0.05) is 25.6 Å². The monoisotopic (exact) mass is 216 g/mol. The molecule has 1 aromatic carbocycles. The first-order valence-electron chi connectivity index (χ1n) is 5.24. The molecule has 0 aliphatic rings. The Labute approximate surface area is 96.3 Å². The molecule has 0 aromatic heterocycles. The maximum Gasteiger partial charge on any atom is 0.253 e. The minimum atomic E-state index is -0.000110. The van der Waals surface area contributed by atoms with Gasteiger partial charge in [-0.15, -0.1) is 0 Å². The van der Waals surface area contributed by atoms with E-state index in [9.17, 15) is 4.79 Å². The summed E-state index contributed by atoms with van der Waals surface area (Å²) in [5.74, 6) is 0.00952. The molecule has 0 saturated heterocycles. The molecule has 0 N–H and O–H groups in total. The fourth-order valence-electron chi connectivity index (χ4n) is 1.44. The van der Waals surface area contributed by atoms with Gasteiger partial charge in [-0.25, -0.2) is 0 Å². The Hall–Kier alpha value is -1.82. The van der Waals surface area contributed by atoms with Gasteiger partial charge in [-0.05, 0) is 31.0 Å². The smallest absolute Gasteiger partial charge is 0.253 e. The number of rotatable bonds is 3. The zero-order chi connectivity index (χ0) is 12.1. The first kappa shape index (κ1) is 12.3. The van der Waals surface area contributed by atoms with Crippen molar-refractivity contribution in [3.05, 3.63) is 35.4 Å². The molecule has 3 nitrogen and oxygen atoms in total. The highest BCUT2D eigenvalue weighted by Crippen LogP contribution is 2.10. The second-order valence-corrected chi connectivity index (χ2v) is 4.13. The summed E-state index contributed by atoms with van der Waals surface area (Å²) in [6.07, 6.45) is 0.729. The average Bonchev–Trinajstić information content (AvgIpc) is 2.28. The average molecular weight is 216 g/mol. The fraction of sp³-hybridized carbons (Fsp3) is 0.385. The molecule has 0 spiro atoms. The van der Waals surface area contributed by atoms with E-state index >= 15 is 0 Å². The highest BCUT2D eigenvalue weighted by Gasteiger charge is 2.08. The maximum absolute atomic E-state index is 11.6. The third-order valence-corrected chi connectivity index (χ3v) is 2.37. The molecule has 1 aromatic rings. The van der Waals surface area contributed by atoms with E-state index in [2.05, 4.69) is 6.07 Å². The van der Waals surface area contributed by atoms with Gasteiger partial charge in [-0.2, -0.15) is 5.26 Å². The first-order valence-corrected chi connectivity index (χ1v) is 5.24. The molecule has 0 radical (unpaired) electrons. The lowest BCUT2D eigenvalue weighted by atomic mass is 10.0. The molecule has 1 rings (SSSR count). The maximum atomic E-state index is 11.6. The molecule has 0 unspecified atom stereocenters. The van der Waals surface area contributed by atoms with Crippen molar-refractivity contribution in [3.63, 3.8) is 0 Å². The molecule has 0 heterocycles. The number of amides is 1. The zero-order valence-corrected chi connectivity index (χ0v) is 9.90. The Balaban J connectivity index is 2.76. The van der Waals surface area contributed by atoms with Crippen molar-refractivity contribution in [2.45, 2.75) is 13.3 Å². The molecule has 0 aliphatic heterocycles. The predicted molar refractivity (Wildman–Crippen MR) is 62.9 cm³/mol. The third-order valence-electron chi connectivity index (χ3n) is 2.37. The molecule has 16 heavy (non-hydrogen) atoms. The fourth-order valence-corrected chi connectivity index (χ4v) is 1.44. The van der Waals surface area contributed by atoms with Gasteiger partial charge in [0.15, 0.2) is 0 Å². The van der Waals surface area contributed by atoms with Crippen LogP contribution in [0.3, 0.4) is 0 Å². The lowest BCUT2D eigenvalue weighted by Gasteiger charge is -2.10. The van der Waals surface area contributed by atoms with E-state index in [1.807, 2.05) is 31.2 Å². The molecule has 84 valence electrons. The summed E-state index contributed by atoms with van der Waals surface area (Å²) in [7, 11) is 3.46. The predicted octanol–water partition coefficient (Wildman–Crippen LogP) is 2.09. The van der Waals surface area contributed by atoms with Crippen LogP contribution < -0.4 is 0 Å². The standard InChI is InChI=1S/C13H16N2O/c1-10(9-14)8-11-4-6-12(7-5-11)13(16)15(2)3/h4-7,10H,8H2,1-3H3/t10-/m0/s1. The summed E-state index contributed by atoms with van der Waals surface area (Å²) in [5.41, 5.74) is 1.77. The molecular formula is C13H16N2O. The van der Waals surface area contributed by atoms with E-state index in [-0.39, 0.29) is 11.8 Å². The van der Waals surface area contributed by atoms with Crippen molar-refractivity contribution < 1.29 is 4.79 Å². The molecule has 3 heteroatoms. The van der Waals surface area contributed by atoms with Crippen LogP contribution in [0.15, 0.2) is 24.3 Å². The number of hydrogen-bond acceptors (Lipinski definition) is 2. The largest absolute Gasteiger partial charge is 0.345 e. The quantitative estimate of drug-likeness (QED) is 0.776. The van der Waals surface area contributed by atoms with Crippen molar-refractivity contribution in [3.8, 4) is 6.07 Å². The van der Waals surface area contributed by atoms with Crippen LogP contribution in [0.1, 0.15) is 22.8 Å². The van der Waals surface area contributed by atoms with Crippen molar-refractivity contribution >= 4 is 5.91 Å². The van der Waals surface area contributed by atoms with Crippen molar-refractivity contribution in [1.29, 1.82) is 5.26 Å². The van der Waals surface area contributed by atoms with Crippen LogP contribution in [0.4, 0.5) is 0 Å². The Kier molecular flexibility index (Phi) is 4.07. The highest BCUT2D eigenvalue weighted by atomic mass is 16.2. The highest BCUT2D eigenvalue weighted by molar-refractivity contribution is 5.93. The molecular weight excluding hydrogens is 200 g/mol. The molecule has 1 amide bonds. The first-order chi connectivity index (χ1) is 7.54. The van der Waals surface area contributed by atoms with E-state index in [0.717, 1.165) is 12.0 Å². The minimum absolute atomic E-state index is 0.000110. The van der Waals surface area contributed by atoms with Crippen LogP contribution in [-0.4, -0.2) is 24.9 Å². The second-order valence-electron chi connectivity index (χ2n) is 4.13. The van der Waals surface area contributed by atoms with E-state index in [1.54, 1.807) is 19.0 Å². The number of benzene rings is 1. The van der Waals surface area contributed by atoms with Gasteiger partial charge in [-0.1, -0.05) is 12.1 Å². The van der Waals surface area contributed by atoms with Crippen molar-refractivity contribution in [2.75, 3.05) is 14.1 Å². The topological polar surface area (TPSA) is 44.1 Å². The van der Waals surface area contributed by atoms with Crippen LogP contribution in [-0.2, 0) is 6.42 Å². The van der Waals surface area contributed by atoms with E-state index in [1.165, 1.54) is 0 Å². The number of nitriles is 1. The van der Waals surface area contributed by atoms with Gasteiger partial charge < -0.3 is 4.90 Å². The second kappa shape index (κ2) is 5.32. The van der Waals surface area contributed by atoms with Gasteiger partial charge in [-0.3, -0.25) is 4.79 Å². The summed E-state index contributed by atoms with van der Waals surface area (Å²) < 4.78 is 0. The Bertz CT molecular complexity index is 401. The zero-order valence-electron chi connectivity index (χ0n) is 9.90. The van der Waals surface area contributed by atoms with Gasteiger partial charge >= 0.3 is 0 Å². The number of carbonyl (C=O) groups excluding carboxylic acids is 1. The Morgan fingerprint density at radius 1 is 1.38 bits per heavy atom. The Morgan fingerprint density at radius 2 is 1.94 bits per heavy atom. The summed E-state index contributed by atoms with van der Waals surface area (Å²) in [6, 6.07) is 9.62. The van der Waals surface area contributed by atoms with E-state index in [0.29, 0.717) is 5.56 Å². The third kappa shape index (κ3) is 3.09. The molecule has 0 fully saturated rings. The van der Waals surface area contributed by atoms with Crippen LogP contribution in [0.2, 0.25) is 0 Å². The minimum Gasteiger partial charge on any atom is -0.345 e. The van der Waals surface area contributed by atoms with Crippen LogP contribution in [0.25, 0.3) is 0 Å². The van der Waals surface area contributed by atoms with Crippen LogP contribution >= 0.6 is 0 Å². The van der Waals surface area contributed by atoms with E-state index < -0.39 is 0 Å². The normalized spacial score (nSPS) is 11.6. The lowest BCUT2D eigenvalue weighted by Crippen LogP contribution is -2.21. The van der Waals surface area contributed by atoms with Crippen molar-refractivity contribution in [1.82, 2.24) is 4.90 Å². The van der Waals surface area contributed by atoms with E-state index in [4.69, 9.17) is 5.26 Å². The van der Waals surface area contributed by atoms with Crippen LogP contribution in [0.5, 0.6) is 0 Å². The number of nitrogens with zero attached hydrogens (tertiary/aromatic N) is 2. The Morgan fingerprint density at radius 3 is 2.38 bits per heavy atom. The van der Waals surface area contributed by atoms with Gasteiger partial charge in [0.05, 0.1) is 6.07 Å². The van der Waals surface area contributed by atoms with Crippen LogP contribution in [0, 0.1) is 17.2 Å². The SMILES string of the molecule is C[C@H](C#N)Cc1ccc(C(=O)N(C)C)cc1. The van der Waals surface area contributed by atoms with Gasteiger partial charge in [0.2, 0.25) is 0 Å². The molecule has 0 saturated carbocycles. The summed E-state index contributed by atoms with van der Waals surface area (Å²) in [6.45, 7) is 1.89. The van der Waals surface area contributed by atoms with Gasteiger partial charge in [0.1, 0.15) is 0 Å². The molecule has 0 aliphatic carbocycles. The summed E-state index contributed by atoms with van der Waals surface area (Å²) in [5, 5.41) is 8.70. The summed E-state index contributed by atoms with van der Waals surface area (Å²) in [4.78, 5) is 13.2. The molecule has 1 atom stereocenters. The lowest BCUT2D eigenvalue weighted by molar-refractivity contribution is 0.0827. The summed E-state index contributed by atoms with van der Waals surface area (Å²) >= 11 is 0.